The van der Waals surface area contributed by atoms with Gasteiger partial charge in [-0.25, -0.2) is 4.39 Å². The maximum atomic E-state index is 14.1. The lowest BCUT2D eigenvalue weighted by molar-refractivity contribution is 0.185. The molecule has 2 aromatic rings. The fourth-order valence-corrected chi connectivity index (χ4v) is 1.94. The second-order valence-corrected chi connectivity index (χ2v) is 4.56. The van der Waals surface area contributed by atoms with Gasteiger partial charge in [-0.2, -0.15) is 0 Å². The molecule has 4 nitrogen and oxygen atoms in total. The number of methoxy groups -OCH3 is 1. The Hall–Kier alpha value is -2.11. The number of rotatable bonds is 6. The Morgan fingerprint density at radius 2 is 1.95 bits per heavy atom. The molecule has 0 saturated carbocycles. The third-order valence-corrected chi connectivity index (χ3v) is 3.09. The fraction of sp³-hybridized carbons (Fsp3) is 0.250. The van der Waals surface area contributed by atoms with Crippen molar-refractivity contribution in [2.24, 2.45) is 5.73 Å². The molecule has 1 unspecified atom stereocenters. The van der Waals surface area contributed by atoms with Crippen molar-refractivity contribution in [1.82, 2.24) is 0 Å². The predicted octanol–water partition coefficient (Wildman–Crippen LogP) is 2.41. The van der Waals surface area contributed by atoms with Crippen LogP contribution in [-0.4, -0.2) is 18.8 Å². The van der Waals surface area contributed by atoms with Crippen LogP contribution in [-0.2, 0) is 6.61 Å². The van der Waals surface area contributed by atoms with Crippen molar-refractivity contribution in [3.63, 3.8) is 0 Å². The molecule has 5 heteroatoms. The lowest BCUT2D eigenvalue weighted by Crippen LogP contribution is -2.12. The summed E-state index contributed by atoms with van der Waals surface area (Å²) in [6.45, 7) is 0.236. The van der Waals surface area contributed by atoms with E-state index in [-0.39, 0.29) is 24.7 Å². The molecule has 112 valence electrons. The van der Waals surface area contributed by atoms with Crippen molar-refractivity contribution >= 4 is 0 Å². The number of halogens is 1. The van der Waals surface area contributed by atoms with Gasteiger partial charge >= 0.3 is 0 Å². The first kappa shape index (κ1) is 15.3. The average Bonchev–Trinajstić information content (AvgIpc) is 2.53. The van der Waals surface area contributed by atoms with Gasteiger partial charge in [0.15, 0.2) is 17.3 Å². The number of hydrogen-bond donors (Lipinski definition) is 2. The minimum Gasteiger partial charge on any atom is -0.493 e. The Morgan fingerprint density at radius 3 is 2.57 bits per heavy atom. The van der Waals surface area contributed by atoms with Crippen LogP contribution in [0.2, 0.25) is 0 Å². The van der Waals surface area contributed by atoms with Crippen LogP contribution >= 0.6 is 0 Å². The van der Waals surface area contributed by atoms with Crippen molar-refractivity contribution in [2.75, 3.05) is 13.7 Å². The molecule has 0 heterocycles. The Morgan fingerprint density at radius 1 is 1.24 bits per heavy atom. The average molecular weight is 291 g/mol. The van der Waals surface area contributed by atoms with E-state index in [9.17, 15) is 9.50 Å². The van der Waals surface area contributed by atoms with E-state index < -0.39 is 11.9 Å². The van der Waals surface area contributed by atoms with Gasteiger partial charge in [-0.15, -0.1) is 0 Å². The fourth-order valence-electron chi connectivity index (χ4n) is 1.94. The van der Waals surface area contributed by atoms with E-state index in [1.807, 2.05) is 30.3 Å². The largest absolute Gasteiger partial charge is 0.493 e. The highest BCUT2D eigenvalue weighted by Gasteiger charge is 2.16. The molecule has 0 spiro atoms. The van der Waals surface area contributed by atoms with Gasteiger partial charge in [-0.05, 0) is 23.3 Å². The van der Waals surface area contributed by atoms with Crippen molar-refractivity contribution in [3.05, 3.63) is 59.4 Å². The van der Waals surface area contributed by atoms with Crippen molar-refractivity contribution < 1.29 is 19.0 Å². The number of aliphatic hydroxyl groups excluding tert-OH is 1. The summed E-state index contributed by atoms with van der Waals surface area (Å²) in [7, 11) is 1.42. The Labute approximate surface area is 122 Å². The summed E-state index contributed by atoms with van der Waals surface area (Å²) >= 11 is 0. The van der Waals surface area contributed by atoms with Crippen molar-refractivity contribution in [1.29, 1.82) is 0 Å². The number of aliphatic hydroxyl groups is 1. The molecular weight excluding hydrogens is 273 g/mol. The van der Waals surface area contributed by atoms with Gasteiger partial charge in [0.05, 0.1) is 13.2 Å². The highest BCUT2D eigenvalue weighted by Crippen LogP contribution is 2.34. The summed E-state index contributed by atoms with van der Waals surface area (Å²) in [5, 5.41) is 9.68. The van der Waals surface area contributed by atoms with Crippen molar-refractivity contribution in [2.45, 2.75) is 12.7 Å². The third-order valence-electron chi connectivity index (χ3n) is 3.09. The molecule has 0 aliphatic heterocycles. The van der Waals surface area contributed by atoms with Crippen LogP contribution in [0.25, 0.3) is 0 Å². The maximum Gasteiger partial charge on any atom is 0.197 e. The van der Waals surface area contributed by atoms with Crippen LogP contribution in [0.5, 0.6) is 11.5 Å². The summed E-state index contributed by atoms with van der Waals surface area (Å²) in [5.74, 6) is -0.337. The van der Waals surface area contributed by atoms with Gasteiger partial charge in [0, 0.05) is 6.54 Å². The van der Waals surface area contributed by atoms with Crippen LogP contribution in [0.15, 0.2) is 42.5 Å². The highest BCUT2D eigenvalue weighted by molar-refractivity contribution is 5.45. The summed E-state index contributed by atoms with van der Waals surface area (Å²) in [4.78, 5) is 0. The molecule has 0 saturated heterocycles. The second-order valence-electron chi connectivity index (χ2n) is 4.56. The number of ether oxygens (including phenoxy) is 2. The van der Waals surface area contributed by atoms with E-state index in [0.717, 1.165) is 5.56 Å². The summed E-state index contributed by atoms with van der Waals surface area (Å²) in [6.07, 6.45) is -0.934. The minimum absolute atomic E-state index is 0.00676. The first-order chi connectivity index (χ1) is 10.2. The van der Waals surface area contributed by atoms with E-state index in [1.165, 1.54) is 19.2 Å². The minimum atomic E-state index is -0.934. The number of benzene rings is 2. The molecule has 1 atom stereocenters. The molecule has 21 heavy (non-hydrogen) atoms. The molecule has 0 aliphatic rings. The van der Waals surface area contributed by atoms with E-state index in [0.29, 0.717) is 5.56 Å². The monoisotopic (exact) mass is 291 g/mol. The lowest BCUT2D eigenvalue weighted by Gasteiger charge is -2.15. The Balaban J connectivity index is 2.22. The molecule has 0 amide bonds. The Bertz CT molecular complexity index is 590. The summed E-state index contributed by atoms with van der Waals surface area (Å²) in [6, 6.07) is 12.2. The van der Waals surface area contributed by atoms with Crippen LogP contribution in [0.4, 0.5) is 4.39 Å². The van der Waals surface area contributed by atoms with E-state index in [2.05, 4.69) is 0 Å². The summed E-state index contributed by atoms with van der Waals surface area (Å²) < 4.78 is 24.8. The predicted molar refractivity (Wildman–Crippen MR) is 77.7 cm³/mol. The molecule has 0 aromatic heterocycles. The quantitative estimate of drug-likeness (QED) is 0.858. The number of hydrogen-bond acceptors (Lipinski definition) is 4. The zero-order valence-electron chi connectivity index (χ0n) is 11.8. The topological polar surface area (TPSA) is 64.7 Å². The second kappa shape index (κ2) is 7.06. The van der Waals surface area contributed by atoms with Gasteiger partial charge in [0.2, 0.25) is 0 Å². The van der Waals surface area contributed by atoms with Gasteiger partial charge in [0.1, 0.15) is 6.61 Å². The third kappa shape index (κ3) is 3.71. The van der Waals surface area contributed by atoms with Gasteiger partial charge in [-0.3, -0.25) is 0 Å². The zero-order valence-corrected chi connectivity index (χ0v) is 11.8. The van der Waals surface area contributed by atoms with E-state index in [1.54, 1.807) is 0 Å². The molecule has 0 radical (unpaired) electrons. The zero-order chi connectivity index (χ0) is 15.2. The van der Waals surface area contributed by atoms with Crippen LogP contribution in [0, 0.1) is 5.82 Å². The van der Waals surface area contributed by atoms with Crippen molar-refractivity contribution in [3.8, 4) is 11.5 Å². The first-order valence-electron chi connectivity index (χ1n) is 6.58. The molecule has 3 N–H and O–H groups in total. The van der Waals surface area contributed by atoms with Crippen LogP contribution in [0.3, 0.4) is 0 Å². The van der Waals surface area contributed by atoms with Gasteiger partial charge in [-0.1, -0.05) is 30.3 Å². The van der Waals surface area contributed by atoms with Gasteiger partial charge < -0.3 is 20.3 Å². The first-order valence-corrected chi connectivity index (χ1v) is 6.58. The maximum absolute atomic E-state index is 14.1. The standard InChI is InChI=1S/C16H18FNO3/c1-20-15-8-12(14(19)9-18)7-13(17)16(15)21-10-11-5-3-2-4-6-11/h2-8,14,19H,9-10,18H2,1H3. The normalized spacial score (nSPS) is 12.0. The van der Waals surface area contributed by atoms with E-state index >= 15 is 0 Å². The SMILES string of the molecule is COc1cc(C(O)CN)cc(F)c1OCc1ccccc1. The van der Waals surface area contributed by atoms with E-state index in [4.69, 9.17) is 15.2 Å². The Kier molecular flexibility index (Phi) is 5.14. The molecule has 0 fully saturated rings. The van der Waals surface area contributed by atoms with Crippen LogP contribution in [0.1, 0.15) is 17.2 Å². The molecule has 0 bridgehead atoms. The lowest BCUT2D eigenvalue weighted by atomic mass is 10.1. The molecule has 2 aromatic carbocycles. The van der Waals surface area contributed by atoms with Crippen LogP contribution < -0.4 is 15.2 Å². The van der Waals surface area contributed by atoms with Gasteiger partial charge in [0.25, 0.3) is 0 Å². The highest BCUT2D eigenvalue weighted by atomic mass is 19.1. The smallest absolute Gasteiger partial charge is 0.197 e. The number of nitrogens with two attached hydrogens (primary N) is 1. The molecule has 0 aliphatic carbocycles. The summed E-state index contributed by atoms with van der Waals surface area (Å²) in [5.41, 5.74) is 6.66. The molecular formula is C16H18FNO3. The molecule has 2 rings (SSSR count).